The number of aryl methyl sites for hydroxylation is 1. The predicted octanol–water partition coefficient (Wildman–Crippen LogP) is 1.26. The molecule has 1 aromatic heterocycles. The zero-order valence-corrected chi connectivity index (χ0v) is 11.6. The SMILES string of the molecule is CCc1nc(Br)cc(NCCS(C)(=O)=O)n1. The lowest BCUT2D eigenvalue weighted by molar-refractivity contribution is 0.602. The van der Waals surface area contributed by atoms with Crippen molar-refractivity contribution in [3.8, 4) is 0 Å². The molecule has 5 nitrogen and oxygen atoms in total. The predicted molar refractivity (Wildman–Crippen MR) is 67.3 cm³/mol. The van der Waals surface area contributed by atoms with Crippen LogP contribution in [0.4, 0.5) is 5.82 Å². The Morgan fingerprint density at radius 2 is 2.12 bits per heavy atom. The number of hydrogen-bond acceptors (Lipinski definition) is 5. The van der Waals surface area contributed by atoms with Crippen molar-refractivity contribution in [3.05, 3.63) is 16.5 Å². The summed E-state index contributed by atoms with van der Waals surface area (Å²) in [7, 11) is -2.94. The van der Waals surface area contributed by atoms with Gasteiger partial charge in [0.2, 0.25) is 0 Å². The van der Waals surface area contributed by atoms with Gasteiger partial charge in [0, 0.05) is 25.3 Å². The molecule has 0 radical (unpaired) electrons. The van der Waals surface area contributed by atoms with Gasteiger partial charge in [-0.3, -0.25) is 0 Å². The van der Waals surface area contributed by atoms with Crippen LogP contribution in [0.3, 0.4) is 0 Å². The molecule has 7 heteroatoms. The largest absolute Gasteiger partial charge is 0.369 e. The topological polar surface area (TPSA) is 72.0 Å². The molecule has 1 rings (SSSR count). The second-order valence-electron chi connectivity index (χ2n) is 3.40. The fourth-order valence-corrected chi connectivity index (χ4v) is 1.97. The molecule has 0 aliphatic rings. The Balaban J connectivity index is 2.63. The molecule has 1 heterocycles. The first-order valence-corrected chi connectivity index (χ1v) is 7.71. The van der Waals surface area contributed by atoms with Gasteiger partial charge in [-0.2, -0.15) is 0 Å². The van der Waals surface area contributed by atoms with Crippen molar-refractivity contribution < 1.29 is 8.42 Å². The quantitative estimate of drug-likeness (QED) is 0.829. The first kappa shape index (κ1) is 13.4. The summed E-state index contributed by atoms with van der Waals surface area (Å²) in [5.74, 6) is 1.45. The summed E-state index contributed by atoms with van der Waals surface area (Å²) in [6.45, 7) is 2.31. The highest BCUT2D eigenvalue weighted by atomic mass is 79.9. The molecule has 0 saturated carbocycles. The van der Waals surface area contributed by atoms with E-state index in [2.05, 4.69) is 31.2 Å². The van der Waals surface area contributed by atoms with Crippen LogP contribution < -0.4 is 5.32 Å². The van der Waals surface area contributed by atoms with Crippen molar-refractivity contribution in [3.63, 3.8) is 0 Å². The Labute approximate surface area is 104 Å². The summed E-state index contributed by atoms with van der Waals surface area (Å²) in [6.07, 6.45) is 1.95. The number of aromatic nitrogens is 2. The third kappa shape index (κ3) is 4.89. The summed E-state index contributed by atoms with van der Waals surface area (Å²) >= 11 is 3.28. The maximum Gasteiger partial charge on any atom is 0.149 e. The molecule has 0 fully saturated rings. The van der Waals surface area contributed by atoms with Crippen molar-refractivity contribution in [2.45, 2.75) is 13.3 Å². The number of sulfone groups is 1. The van der Waals surface area contributed by atoms with Gasteiger partial charge in [0.15, 0.2) is 0 Å². The number of rotatable bonds is 5. The van der Waals surface area contributed by atoms with E-state index in [-0.39, 0.29) is 5.75 Å². The minimum atomic E-state index is -2.94. The smallest absolute Gasteiger partial charge is 0.149 e. The molecule has 0 saturated heterocycles. The molecule has 0 amide bonds. The lowest BCUT2D eigenvalue weighted by Gasteiger charge is -2.06. The molecular weight excluding hydrogens is 294 g/mol. The second-order valence-corrected chi connectivity index (χ2v) is 6.47. The summed E-state index contributed by atoms with van der Waals surface area (Å²) in [5.41, 5.74) is 0. The van der Waals surface area contributed by atoms with Crippen LogP contribution in [0.25, 0.3) is 0 Å². The van der Waals surface area contributed by atoms with Crippen molar-refractivity contribution in [1.82, 2.24) is 9.97 Å². The van der Waals surface area contributed by atoms with Crippen molar-refractivity contribution in [2.75, 3.05) is 23.9 Å². The van der Waals surface area contributed by atoms with Crippen LogP contribution >= 0.6 is 15.9 Å². The Morgan fingerprint density at radius 1 is 1.44 bits per heavy atom. The molecule has 0 aliphatic heterocycles. The van der Waals surface area contributed by atoms with Gasteiger partial charge in [0.25, 0.3) is 0 Å². The molecule has 0 aromatic carbocycles. The first-order chi connectivity index (χ1) is 7.40. The highest BCUT2D eigenvalue weighted by molar-refractivity contribution is 9.10. The van der Waals surface area contributed by atoms with Crippen LogP contribution in [0.2, 0.25) is 0 Å². The molecule has 0 bridgehead atoms. The normalized spacial score (nSPS) is 11.4. The van der Waals surface area contributed by atoms with Gasteiger partial charge in [0.1, 0.15) is 26.1 Å². The Hall–Kier alpha value is -0.690. The van der Waals surface area contributed by atoms with Gasteiger partial charge in [0.05, 0.1) is 5.75 Å². The van der Waals surface area contributed by atoms with E-state index in [1.807, 2.05) is 6.92 Å². The van der Waals surface area contributed by atoms with E-state index in [0.717, 1.165) is 12.2 Å². The van der Waals surface area contributed by atoms with Crippen LogP contribution in [0.5, 0.6) is 0 Å². The molecule has 0 spiro atoms. The van der Waals surface area contributed by atoms with Crippen LogP contribution in [0, 0.1) is 0 Å². The van der Waals surface area contributed by atoms with E-state index < -0.39 is 9.84 Å². The van der Waals surface area contributed by atoms with Gasteiger partial charge >= 0.3 is 0 Å². The van der Waals surface area contributed by atoms with E-state index in [1.54, 1.807) is 6.07 Å². The summed E-state index contributed by atoms with van der Waals surface area (Å²) < 4.78 is 22.6. The average Bonchev–Trinajstić information content (AvgIpc) is 2.14. The fourth-order valence-electron chi connectivity index (χ4n) is 1.08. The molecular formula is C9H14BrN3O2S. The first-order valence-electron chi connectivity index (χ1n) is 4.86. The number of anilines is 1. The minimum absolute atomic E-state index is 0.0933. The maximum atomic E-state index is 10.9. The second kappa shape index (κ2) is 5.58. The maximum absolute atomic E-state index is 10.9. The third-order valence-corrected chi connectivity index (χ3v) is 3.19. The Kier molecular flexibility index (Phi) is 4.67. The highest BCUT2D eigenvalue weighted by Crippen LogP contribution is 2.12. The molecule has 1 aromatic rings. The third-order valence-electron chi connectivity index (χ3n) is 1.84. The van der Waals surface area contributed by atoms with E-state index in [0.29, 0.717) is 17.0 Å². The van der Waals surface area contributed by atoms with Crippen LogP contribution in [-0.4, -0.2) is 36.9 Å². The number of nitrogens with zero attached hydrogens (tertiary/aromatic N) is 2. The summed E-state index contributed by atoms with van der Waals surface area (Å²) in [6, 6.07) is 1.72. The van der Waals surface area contributed by atoms with Gasteiger partial charge < -0.3 is 5.32 Å². The van der Waals surface area contributed by atoms with Crippen molar-refractivity contribution >= 4 is 31.6 Å². The molecule has 16 heavy (non-hydrogen) atoms. The van der Waals surface area contributed by atoms with E-state index >= 15 is 0 Å². The van der Waals surface area contributed by atoms with Gasteiger partial charge in [-0.25, -0.2) is 18.4 Å². The molecule has 0 unspecified atom stereocenters. The van der Waals surface area contributed by atoms with Gasteiger partial charge in [-0.1, -0.05) is 6.92 Å². The van der Waals surface area contributed by atoms with Crippen LogP contribution in [0.1, 0.15) is 12.7 Å². The zero-order valence-electron chi connectivity index (χ0n) is 9.20. The van der Waals surface area contributed by atoms with Gasteiger partial charge in [-0.05, 0) is 15.9 Å². The summed E-state index contributed by atoms with van der Waals surface area (Å²) in [5, 5.41) is 2.96. The minimum Gasteiger partial charge on any atom is -0.369 e. The van der Waals surface area contributed by atoms with Crippen LogP contribution in [-0.2, 0) is 16.3 Å². The number of halogens is 1. The zero-order chi connectivity index (χ0) is 12.2. The van der Waals surface area contributed by atoms with Gasteiger partial charge in [-0.15, -0.1) is 0 Å². The Morgan fingerprint density at radius 3 is 2.69 bits per heavy atom. The fraction of sp³-hybridized carbons (Fsp3) is 0.556. The summed E-state index contributed by atoms with van der Waals surface area (Å²) in [4.78, 5) is 8.38. The lowest BCUT2D eigenvalue weighted by atomic mass is 10.4. The van der Waals surface area contributed by atoms with Crippen molar-refractivity contribution in [1.29, 1.82) is 0 Å². The molecule has 0 aliphatic carbocycles. The number of hydrogen-bond donors (Lipinski definition) is 1. The molecule has 0 atom stereocenters. The van der Waals surface area contributed by atoms with E-state index in [9.17, 15) is 8.42 Å². The highest BCUT2D eigenvalue weighted by Gasteiger charge is 2.04. The van der Waals surface area contributed by atoms with E-state index in [1.165, 1.54) is 6.26 Å². The average molecular weight is 308 g/mol. The Bertz CT molecular complexity index is 462. The molecule has 1 N–H and O–H groups in total. The number of nitrogens with one attached hydrogen (secondary N) is 1. The van der Waals surface area contributed by atoms with E-state index in [4.69, 9.17) is 0 Å². The monoisotopic (exact) mass is 307 g/mol. The lowest BCUT2D eigenvalue weighted by Crippen LogP contribution is -2.15. The molecule has 90 valence electrons. The van der Waals surface area contributed by atoms with Crippen molar-refractivity contribution in [2.24, 2.45) is 0 Å². The standard InChI is InChI=1S/C9H14BrN3O2S/c1-3-8-12-7(10)6-9(13-8)11-4-5-16(2,14)15/h6H,3-5H2,1-2H3,(H,11,12,13). The van der Waals surface area contributed by atoms with Crippen LogP contribution in [0.15, 0.2) is 10.7 Å².